The van der Waals surface area contributed by atoms with Crippen molar-refractivity contribution in [2.45, 2.75) is 27.2 Å². The molecular weight excluding hydrogens is 466 g/mol. The number of carbonyl (C=O) groups is 1. The molecule has 0 bridgehead atoms. The molecule has 2 N–H and O–H groups in total. The molecule has 0 aliphatic rings. The van der Waals surface area contributed by atoms with E-state index < -0.39 is 5.97 Å². The molecule has 0 radical (unpaired) electrons. The van der Waals surface area contributed by atoms with Crippen LogP contribution in [0.4, 0.5) is 11.5 Å². The molecule has 0 saturated carbocycles. The number of hydrogen-bond donors (Lipinski definition) is 2. The Labute approximate surface area is 214 Å². The summed E-state index contributed by atoms with van der Waals surface area (Å²) in [5, 5.41) is 18.4. The molecule has 8 heteroatoms. The zero-order valence-electron chi connectivity index (χ0n) is 21.1. The first-order valence-electron chi connectivity index (χ1n) is 12.0. The summed E-state index contributed by atoms with van der Waals surface area (Å²) < 4.78 is 7.19. The number of methoxy groups -OCH3 is 1. The van der Waals surface area contributed by atoms with Crippen molar-refractivity contribution in [3.63, 3.8) is 0 Å². The number of para-hydroxylation sites is 1. The molecule has 0 spiro atoms. The van der Waals surface area contributed by atoms with Crippen molar-refractivity contribution in [1.82, 2.24) is 19.7 Å². The first-order valence-corrected chi connectivity index (χ1v) is 12.0. The Balaban J connectivity index is 1.78. The minimum absolute atomic E-state index is 0.112. The number of benzene rings is 3. The normalized spacial score (nSPS) is 11.0. The van der Waals surface area contributed by atoms with E-state index in [1.165, 1.54) is 13.2 Å². The van der Waals surface area contributed by atoms with E-state index in [0.29, 0.717) is 17.3 Å². The van der Waals surface area contributed by atoms with Crippen LogP contribution in [0.1, 0.15) is 34.1 Å². The number of carboxylic acid groups (broad SMARTS) is 1. The number of aromatic carboxylic acids is 1. The van der Waals surface area contributed by atoms with Crippen LogP contribution in [-0.2, 0) is 6.42 Å². The van der Waals surface area contributed by atoms with Crippen LogP contribution in [0.15, 0.2) is 67.0 Å². The summed E-state index contributed by atoms with van der Waals surface area (Å²) in [5.41, 5.74) is 7.47. The van der Waals surface area contributed by atoms with Crippen LogP contribution in [0.3, 0.4) is 0 Å². The van der Waals surface area contributed by atoms with E-state index in [1.807, 2.05) is 61.0 Å². The Bertz CT molecular complexity index is 1640. The smallest absolute Gasteiger partial charge is 0.337 e. The quantitative estimate of drug-likeness (QED) is 0.282. The van der Waals surface area contributed by atoms with E-state index in [9.17, 15) is 9.90 Å². The Morgan fingerprint density at radius 2 is 1.78 bits per heavy atom. The summed E-state index contributed by atoms with van der Waals surface area (Å²) in [5.74, 6) is 0.0935. The number of ether oxygens (including phenoxy) is 1. The number of anilines is 2. The topological polar surface area (TPSA) is 102 Å². The fourth-order valence-electron chi connectivity index (χ4n) is 4.62. The van der Waals surface area contributed by atoms with Gasteiger partial charge in [0.2, 0.25) is 0 Å². The highest BCUT2D eigenvalue weighted by Crippen LogP contribution is 2.39. The zero-order chi connectivity index (χ0) is 26.1. The molecule has 2 aromatic heterocycles. The van der Waals surface area contributed by atoms with Gasteiger partial charge in [-0.2, -0.15) is 5.10 Å². The number of fused-ring (bicyclic) bond motifs is 1. The van der Waals surface area contributed by atoms with E-state index in [4.69, 9.17) is 9.84 Å². The van der Waals surface area contributed by atoms with Gasteiger partial charge in [0.15, 0.2) is 0 Å². The average Bonchev–Trinajstić information content (AvgIpc) is 3.24. The fourth-order valence-corrected chi connectivity index (χ4v) is 4.62. The Kier molecular flexibility index (Phi) is 6.31. The van der Waals surface area contributed by atoms with Gasteiger partial charge in [0.05, 0.1) is 40.8 Å². The lowest BCUT2D eigenvalue weighted by Crippen LogP contribution is -2.10. The molecule has 186 valence electrons. The number of nitrogens with zero attached hydrogens (tertiary/aromatic N) is 4. The van der Waals surface area contributed by atoms with Crippen molar-refractivity contribution in [2.75, 3.05) is 12.4 Å². The monoisotopic (exact) mass is 493 g/mol. The minimum atomic E-state index is -1.05. The van der Waals surface area contributed by atoms with Gasteiger partial charge in [-0.1, -0.05) is 31.2 Å². The van der Waals surface area contributed by atoms with Gasteiger partial charge in [-0.15, -0.1) is 0 Å². The molecule has 3 aromatic carbocycles. The van der Waals surface area contributed by atoms with Gasteiger partial charge in [0, 0.05) is 18.0 Å². The van der Waals surface area contributed by atoms with Crippen LogP contribution >= 0.6 is 0 Å². The largest absolute Gasteiger partial charge is 0.497 e. The highest BCUT2D eigenvalue weighted by atomic mass is 16.5. The number of aryl methyl sites for hydroxylation is 3. The lowest BCUT2D eigenvalue weighted by Gasteiger charge is -2.18. The highest BCUT2D eigenvalue weighted by Gasteiger charge is 2.23. The summed E-state index contributed by atoms with van der Waals surface area (Å²) in [6.07, 6.45) is 4.15. The third-order valence-corrected chi connectivity index (χ3v) is 6.44. The van der Waals surface area contributed by atoms with Crippen molar-refractivity contribution >= 4 is 28.5 Å². The summed E-state index contributed by atoms with van der Waals surface area (Å²) in [4.78, 5) is 21.1. The number of carboxylic acids is 1. The number of nitrogens with one attached hydrogen (secondary N) is 1. The highest BCUT2D eigenvalue weighted by molar-refractivity contribution is 5.98. The summed E-state index contributed by atoms with van der Waals surface area (Å²) in [6.45, 7) is 5.91. The van der Waals surface area contributed by atoms with E-state index in [2.05, 4.69) is 28.3 Å². The molecule has 2 heterocycles. The first-order chi connectivity index (χ1) is 17.9. The third kappa shape index (κ3) is 4.38. The third-order valence-electron chi connectivity index (χ3n) is 6.44. The van der Waals surface area contributed by atoms with Crippen molar-refractivity contribution < 1.29 is 14.6 Å². The molecule has 0 fully saturated rings. The second kappa shape index (κ2) is 9.73. The molecule has 37 heavy (non-hydrogen) atoms. The first kappa shape index (κ1) is 24.0. The SMILES string of the molecule is CCc1ccccc1-n1nc(C)c(-c2ccc3nccnc3c2)c1Nc1c(C)cc(OC)cc1C(=O)O. The molecule has 0 unspecified atom stereocenters. The standard InChI is InChI=1S/C29H27N5O3/c1-5-19-8-6-7-9-25(19)34-28(32-27-17(2)14-21(37-4)16-22(27)29(35)36)26(18(3)33-34)20-10-11-23-24(15-20)31-13-12-30-23/h6-16,32H,5H2,1-4H3,(H,35,36). The van der Waals surface area contributed by atoms with Gasteiger partial charge < -0.3 is 15.2 Å². The molecule has 0 atom stereocenters. The maximum atomic E-state index is 12.3. The van der Waals surface area contributed by atoms with Crippen molar-refractivity contribution in [3.05, 3.63) is 89.4 Å². The molecular formula is C29H27N5O3. The summed E-state index contributed by atoms with van der Waals surface area (Å²) in [6, 6.07) is 17.3. The van der Waals surface area contributed by atoms with Crippen LogP contribution in [0.25, 0.3) is 27.8 Å². The Morgan fingerprint density at radius 1 is 1.03 bits per heavy atom. The van der Waals surface area contributed by atoms with Crippen molar-refractivity contribution in [2.24, 2.45) is 0 Å². The Morgan fingerprint density at radius 3 is 2.51 bits per heavy atom. The van der Waals surface area contributed by atoms with E-state index in [-0.39, 0.29) is 5.56 Å². The second-order valence-electron chi connectivity index (χ2n) is 8.76. The van der Waals surface area contributed by atoms with Crippen molar-refractivity contribution in [1.29, 1.82) is 0 Å². The Hall–Kier alpha value is -4.72. The molecule has 5 rings (SSSR count). The number of aromatic nitrogens is 4. The van der Waals surface area contributed by atoms with Gasteiger partial charge >= 0.3 is 5.97 Å². The van der Waals surface area contributed by atoms with Crippen LogP contribution in [0.2, 0.25) is 0 Å². The molecule has 8 nitrogen and oxygen atoms in total. The molecule has 0 saturated heterocycles. The van der Waals surface area contributed by atoms with Crippen LogP contribution in [0.5, 0.6) is 5.75 Å². The van der Waals surface area contributed by atoms with Crippen LogP contribution < -0.4 is 10.1 Å². The predicted octanol–water partition coefficient (Wildman–Crippen LogP) is 6.11. The van der Waals surface area contributed by atoms with Crippen molar-refractivity contribution in [3.8, 4) is 22.6 Å². The van der Waals surface area contributed by atoms with Gasteiger partial charge in [0.1, 0.15) is 11.6 Å². The molecule has 0 aliphatic carbocycles. The second-order valence-corrected chi connectivity index (χ2v) is 8.76. The fraction of sp³-hybridized carbons (Fsp3) is 0.172. The van der Waals surface area contributed by atoms with E-state index >= 15 is 0 Å². The zero-order valence-corrected chi connectivity index (χ0v) is 21.1. The lowest BCUT2D eigenvalue weighted by molar-refractivity contribution is 0.0697. The molecule has 0 aliphatic heterocycles. The average molecular weight is 494 g/mol. The minimum Gasteiger partial charge on any atom is -0.497 e. The van der Waals surface area contributed by atoms with Gasteiger partial charge in [-0.05, 0) is 67.3 Å². The van der Waals surface area contributed by atoms with Gasteiger partial charge in [-0.25, -0.2) is 9.48 Å². The molecule has 0 amide bonds. The summed E-state index contributed by atoms with van der Waals surface area (Å²) >= 11 is 0. The van der Waals surface area contributed by atoms with E-state index in [0.717, 1.165) is 51.1 Å². The van der Waals surface area contributed by atoms with Crippen LogP contribution in [-0.4, -0.2) is 37.9 Å². The number of hydrogen-bond acceptors (Lipinski definition) is 6. The lowest BCUT2D eigenvalue weighted by atomic mass is 10.0. The van der Waals surface area contributed by atoms with Gasteiger partial charge in [-0.3, -0.25) is 9.97 Å². The maximum Gasteiger partial charge on any atom is 0.337 e. The van der Waals surface area contributed by atoms with Crippen LogP contribution in [0, 0.1) is 13.8 Å². The predicted molar refractivity (Wildman–Crippen MR) is 144 cm³/mol. The van der Waals surface area contributed by atoms with E-state index in [1.54, 1.807) is 12.4 Å². The number of rotatable bonds is 7. The maximum absolute atomic E-state index is 12.3. The summed E-state index contributed by atoms with van der Waals surface area (Å²) in [7, 11) is 1.52. The molecule has 5 aromatic rings. The van der Waals surface area contributed by atoms with Gasteiger partial charge in [0.25, 0.3) is 0 Å².